The maximum atomic E-state index is 11.4. The minimum absolute atomic E-state index is 0.271. The summed E-state index contributed by atoms with van der Waals surface area (Å²) in [5, 5.41) is 9.41. The van der Waals surface area contributed by atoms with Crippen molar-refractivity contribution in [3.63, 3.8) is 0 Å². The van der Waals surface area contributed by atoms with Gasteiger partial charge in [-0.1, -0.05) is 13.3 Å². The lowest BCUT2D eigenvalue weighted by Gasteiger charge is -2.38. The van der Waals surface area contributed by atoms with Crippen molar-refractivity contribution < 1.29 is 14.6 Å². The molecule has 0 unspecified atom stereocenters. The van der Waals surface area contributed by atoms with Gasteiger partial charge in [0.2, 0.25) is 0 Å². The van der Waals surface area contributed by atoms with Gasteiger partial charge in [0, 0.05) is 6.54 Å². The van der Waals surface area contributed by atoms with E-state index in [0.717, 1.165) is 51.9 Å². The van der Waals surface area contributed by atoms with Crippen LogP contribution >= 0.6 is 0 Å². The first-order valence-corrected chi connectivity index (χ1v) is 7.07. The number of ether oxygens (including phenoxy) is 1. The Kier molecular flexibility index (Phi) is 6.09. The van der Waals surface area contributed by atoms with E-state index in [9.17, 15) is 9.90 Å². The second-order valence-electron chi connectivity index (χ2n) is 5.60. The van der Waals surface area contributed by atoms with Crippen LogP contribution in [0.15, 0.2) is 0 Å². The second kappa shape index (κ2) is 7.10. The number of aliphatic carboxylic acids is 1. The predicted octanol–water partition coefficient (Wildman–Crippen LogP) is 2.38. The number of carboxylic acids is 1. The van der Waals surface area contributed by atoms with E-state index in [2.05, 4.69) is 11.8 Å². The molecular weight excluding hydrogens is 230 g/mol. The Morgan fingerprint density at radius 1 is 1.39 bits per heavy atom. The van der Waals surface area contributed by atoms with Gasteiger partial charge in [0.25, 0.3) is 0 Å². The molecule has 0 aliphatic carbocycles. The first kappa shape index (κ1) is 15.4. The van der Waals surface area contributed by atoms with Gasteiger partial charge in [-0.2, -0.15) is 0 Å². The fraction of sp³-hybridized carbons (Fsp3) is 0.929. The van der Waals surface area contributed by atoms with Gasteiger partial charge in [0.1, 0.15) is 0 Å². The van der Waals surface area contributed by atoms with Crippen molar-refractivity contribution in [2.24, 2.45) is 5.41 Å². The molecule has 1 saturated heterocycles. The Labute approximate surface area is 110 Å². The zero-order valence-corrected chi connectivity index (χ0v) is 11.9. The summed E-state index contributed by atoms with van der Waals surface area (Å²) in [6.45, 7) is 9.56. The smallest absolute Gasteiger partial charge is 0.309 e. The van der Waals surface area contributed by atoms with E-state index >= 15 is 0 Å². The molecule has 1 fully saturated rings. The van der Waals surface area contributed by atoms with Crippen LogP contribution in [0.1, 0.15) is 46.5 Å². The van der Waals surface area contributed by atoms with Gasteiger partial charge < -0.3 is 14.7 Å². The largest absolute Gasteiger partial charge is 0.481 e. The molecule has 1 aliphatic rings. The Morgan fingerprint density at radius 3 is 2.44 bits per heavy atom. The molecule has 4 nitrogen and oxygen atoms in total. The van der Waals surface area contributed by atoms with Gasteiger partial charge >= 0.3 is 5.97 Å². The number of likely N-dealkylation sites (tertiary alicyclic amines) is 1. The summed E-state index contributed by atoms with van der Waals surface area (Å²) in [6.07, 6.45) is 3.57. The highest BCUT2D eigenvalue weighted by molar-refractivity contribution is 5.74. The van der Waals surface area contributed by atoms with Crippen molar-refractivity contribution >= 4 is 5.97 Å². The summed E-state index contributed by atoms with van der Waals surface area (Å²) < 4.78 is 5.53. The number of carboxylic acid groups (broad SMARTS) is 1. The van der Waals surface area contributed by atoms with Crippen LogP contribution < -0.4 is 0 Å². The Morgan fingerprint density at radius 2 is 2.00 bits per heavy atom. The molecule has 4 heteroatoms. The normalized spacial score (nSPS) is 20.2. The minimum atomic E-state index is -0.609. The van der Waals surface area contributed by atoms with Crippen molar-refractivity contribution in [3.8, 4) is 0 Å². The molecule has 0 aromatic heterocycles. The van der Waals surface area contributed by atoms with Gasteiger partial charge in [-0.15, -0.1) is 0 Å². The summed E-state index contributed by atoms with van der Waals surface area (Å²) in [6, 6.07) is 0. The van der Waals surface area contributed by atoms with Crippen LogP contribution in [0.2, 0.25) is 0 Å². The predicted molar refractivity (Wildman–Crippen MR) is 71.7 cm³/mol. The first-order valence-electron chi connectivity index (χ1n) is 7.07. The molecular formula is C14H27NO3. The number of carbonyl (C=O) groups is 1. The molecule has 1 heterocycles. The van der Waals surface area contributed by atoms with Crippen molar-refractivity contribution in [2.45, 2.75) is 52.6 Å². The summed E-state index contributed by atoms with van der Waals surface area (Å²) in [4.78, 5) is 13.8. The summed E-state index contributed by atoms with van der Waals surface area (Å²) in [7, 11) is 0. The van der Waals surface area contributed by atoms with E-state index in [1.165, 1.54) is 0 Å². The Balaban J connectivity index is 2.36. The van der Waals surface area contributed by atoms with E-state index < -0.39 is 11.4 Å². The average molecular weight is 257 g/mol. The highest BCUT2D eigenvalue weighted by atomic mass is 16.5. The summed E-state index contributed by atoms with van der Waals surface area (Å²) in [5.74, 6) is -0.609. The number of hydrogen-bond donors (Lipinski definition) is 1. The molecule has 1 N–H and O–H groups in total. The van der Waals surface area contributed by atoms with Crippen molar-refractivity contribution in [3.05, 3.63) is 0 Å². The highest BCUT2D eigenvalue weighted by Gasteiger charge is 2.40. The van der Waals surface area contributed by atoms with Crippen LogP contribution in [0.25, 0.3) is 0 Å². The molecule has 0 radical (unpaired) electrons. The molecule has 0 amide bonds. The molecule has 18 heavy (non-hydrogen) atoms. The third kappa shape index (κ3) is 4.25. The van der Waals surface area contributed by atoms with Crippen molar-refractivity contribution in [2.75, 3.05) is 26.2 Å². The zero-order valence-electron chi connectivity index (χ0n) is 11.9. The van der Waals surface area contributed by atoms with Crippen molar-refractivity contribution in [1.29, 1.82) is 0 Å². The molecule has 1 aliphatic heterocycles. The van der Waals surface area contributed by atoms with E-state index in [-0.39, 0.29) is 6.10 Å². The molecule has 0 aromatic carbocycles. The monoisotopic (exact) mass is 257 g/mol. The lowest BCUT2D eigenvalue weighted by atomic mass is 9.75. The SMILES string of the molecule is CCCC1(C(=O)O)CCN(CCOC(C)C)CC1. The number of piperidine rings is 1. The van der Waals surface area contributed by atoms with Crippen LogP contribution in [0.4, 0.5) is 0 Å². The molecule has 0 atom stereocenters. The molecule has 0 spiro atoms. The average Bonchev–Trinajstić information content (AvgIpc) is 2.31. The maximum absolute atomic E-state index is 11.4. The zero-order chi connectivity index (χ0) is 13.6. The van der Waals surface area contributed by atoms with E-state index in [1.807, 2.05) is 13.8 Å². The Hall–Kier alpha value is -0.610. The number of nitrogens with zero attached hydrogens (tertiary/aromatic N) is 1. The molecule has 0 saturated carbocycles. The topological polar surface area (TPSA) is 49.8 Å². The number of rotatable bonds is 7. The van der Waals surface area contributed by atoms with Gasteiger partial charge in [-0.25, -0.2) is 0 Å². The quantitative estimate of drug-likeness (QED) is 0.760. The fourth-order valence-corrected chi connectivity index (χ4v) is 2.67. The molecule has 0 bridgehead atoms. The van der Waals surface area contributed by atoms with Crippen molar-refractivity contribution in [1.82, 2.24) is 4.90 Å². The Bertz CT molecular complexity index is 258. The van der Waals surface area contributed by atoms with E-state index in [0.29, 0.717) is 0 Å². The lowest BCUT2D eigenvalue weighted by molar-refractivity contribution is -0.152. The highest BCUT2D eigenvalue weighted by Crippen LogP contribution is 2.36. The van der Waals surface area contributed by atoms with Gasteiger partial charge in [-0.05, 0) is 46.2 Å². The van der Waals surface area contributed by atoms with Gasteiger partial charge in [0.05, 0.1) is 18.1 Å². The standard InChI is InChI=1S/C14H27NO3/c1-4-5-14(13(16)17)6-8-15(9-7-14)10-11-18-12(2)3/h12H,4-11H2,1-3H3,(H,16,17). The molecule has 106 valence electrons. The molecule has 0 aromatic rings. The third-order valence-electron chi connectivity index (χ3n) is 3.85. The van der Waals surface area contributed by atoms with Crippen LogP contribution in [0.5, 0.6) is 0 Å². The molecule has 1 rings (SSSR count). The fourth-order valence-electron chi connectivity index (χ4n) is 2.67. The maximum Gasteiger partial charge on any atom is 0.309 e. The van der Waals surface area contributed by atoms with Gasteiger partial charge in [-0.3, -0.25) is 4.79 Å². The van der Waals surface area contributed by atoms with Gasteiger partial charge in [0.15, 0.2) is 0 Å². The first-order chi connectivity index (χ1) is 8.50. The minimum Gasteiger partial charge on any atom is -0.481 e. The van der Waals surface area contributed by atoms with E-state index in [1.54, 1.807) is 0 Å². The summed E-state index contributed by atoms with van der Waals surface area (Å²) >= 11 is 0. The van der Waals surface area contributed by atoms with Crippen LogP contribution in [-0.2, 0) is 9.53 Å². The van der Waals surface area contributed by atoms with Crippen LogP contribution in [-0.4, -0.2) is 48.3 Å². The third-order valence-corrected chi connectivity index (χ3v) is 3.85. The lowest BCUT2D eigenvalue weighted by Crippen LogP contribution is -2.45. The summed E-state index contributed by atoms with van der Waals surface area (Å²) in [5.41, 5.74) is -0.468. The van der Waals surface area contributed by atoms with Crippen LogP contribution in [0, 0.1) is 5.41 Å². The second-order valence-corrected chi connectivity index (χ2v) is 5.60. The van der Waals surface area contributed by atoms with E-state index in [4.69, 9.17) is 4.74 Å². The number of hydrogen-bond acceptors (Lipinski definition) is 3. The van der Waals surface area contributed by atoms with Crippen LogP contribution in [0.3, 0.4) is 0 Å².